The van der Waals surface area contributed by atoms with Gasteiger partial charge in [-0.2, -0.15) is 4.31 Å². The lowest BCUT2D eigenvalue weighted by atomic mass is 10.4. The summed E-state index contributed by atoms with van der Waals surface area (Å²) in [6.07, 6.45) is -4.32. The topological polar surface area (TPSA) is 255 Å². The Morgan fingerprint density at radius 2 is 1.17 bits per heavy atom. The molecule has 0 rings (SSSR count). The van der Waals surface area contributed by atoms with Gasteiger partial charge in [0.2, 0.25) is 12.6 Å². The zero-order valence-corrected chi connectivity index (χ0v) is 14.6. The largest absolute Gasteiger partial charge is 0.483 e. The third-order valence-electron chi connectivity index (χ3n) is 1.37. The van der Waals surface area contributed by atoms with E-state index >= 15 is 0 Å². The van der Waals surface area contributed by atoms with E-state index in [1.807, 2.05) is 0 Å². The highest BCUT2D eigenvalue weighted by molar-refractivity contribution is 7.60. The van der Waals surface area contributed by atoms with Crippen LogP contribution in [0.5, 0.6) is 0 Å². The van der Waals surface area contributed by atoms with Crippen molar-refractivity contribution in [3.63, 3.8) is 0 Å². The minimum atomic E-state index is -5.46. The second kappa shape index (κ2) is 9.94. The van der Waals surface area contributed by atoms with Crippen molar-refractivity contribution in [3.8, 4) is 0 Å². The molecule has 0 amide bonds. The first kappa shape index (κ1) is 25.9. The number of hydrogen-bond acceptors (Lipinski definition) is 10. The average Bonchev–Trinajstić information content (AvgIpc) is 2.22. The molecule has 0 spiro atoms. The Kier molecular flexibility index (Phi) is 10.7. The van der Waals surface area contributed by atoms with Gasteiger partial charge in [-0.15, -0.1) is 0 Å². The van der Waals surface area contributed by atoms with Gasteiger partial charge in [0, 0.05) is 0 Å². The number of ketones is 2. The summed E-state index contributed by atoms with van der Waals surface area (Å²) in [6.45, 7) is 1.78. The SMILES string of the molecule is CC(=O)C(O)O.CC(=O)C(OP(=O)(O)O)OP(=O)(O)OP(=O)(O)O. The number of hydrogen-bond donors (Lipinski definition) is 7. The minimum Gasteiger partial charge on any atom is -0.362 e. The molecule has 0 saturated carbocycles. The number of carbonyl (C=O) groups is 2. The van der Waals surface area contributed by atoms with E-state index in [1.165, 1.54) is 0 Å². The van der Waals surface area contributed by atoms with E-state index in [9.17, 15) is 23.3 Å². The zero-order valence-electron chi connectivity index (χ0n) is 11.9. The minimum absolute atomic E-state index is 0.630. The van der Waals surface area contributed by atoms with Gasteiger partial charge in [-0.25, -0.2) is 22.7 Å². The van der Waals surface area contributed by atoms with Crippen LogP contribution in [0.4, 0.5) is 0 Å². The standard InChI is InChI=1S/C3H9O12P3.C3H6O3/c1-2(4)3(13-16(5,6)7)14-18(11,12)15-17(8,9)10;1-2(4)3(5)6/h3H,1H3,(H,11,12)(H2,5,6,7)(H2,8,9,10);3,5-6H,1H3. The van der Waals surface area contributed by atoms with E-state index in [0.29, 0.717) is 6.92 Å². The molecule has 0 aromatic heterocycles. The van der Waals surface area contributed by atoms with Crippen LogP contribution >= 0.6 is 23.5 Å². The maximum absolute atomic E-state index is 11.0. The molecule has 0 aliphatic carbocycles. The highest BCUT2D eigenvalue weighted by atomic mass is 31.3. The summed E-state index contributed by atoms with van der Waals surface area (Å²) < 4.78 is 42.4. The van der Waals surface area contributed by atoms with E-state index in [1.54, 1.807) is 0 Å². The zero-order chi connectivity index (χ0) is 19.9. The number of phosphoric acid groups is 3. The molecule has 0 heterocycles. The van der Waals surface area contributed by atoms with Crippen LogP contribution in [-0.2, 0) is 36.6 Å². The number of aliphatic hydroxyl groups is 2. The molecule has 15 nitrogen and oxygen atoms in total. The van der Waals surface area contributed by atoms with Crippen molar-refractivity contribution in [3.05, 3.63) is 0 Å². The maximum atomic E-state index is 11.0. The van der Waals surface area contributed by atoms with Crippen LogP contribution in [-0.4, -0.2) is 58.8 Å². The number of Topliss-reactive ketones (excluding diaryl/α,β-unsaturated/α-hetero) is 2. The van der Waals surface area contributed by atoms with E-state index in [4.69, 9.17) is 34.7 Å². The molecule has 2 unspecified atom stereocenters. The van der Waals surface area contributed by atoms with Gasteiger partial charge in [-0.3, -0.25) is 9.59 Å². The van der Waals surface area contributed by atoms with Gasteiger partial charge < -0.3 is 34.7 Å². The molecule has 0 radical (unpaired) electrons. The van der Waals surface area contributed by atoms with Crippen molar-refractivity contribution in [2.45, 2.75) is 26.4 Å². The highest BCUT2D eigenvalue weighted by Gasteiger charge is 2.39. The molecule has 0 aromatic rings. The molecule has 0 aliphatic rings. The number of phosphoric ester groups is 2. The van der Waals surface area contributed by atoms with Gasteiger partial charge in [0.1, 0.15) is 0 Å². The molecular formula is C6H15O15P3. The molecule has 7 N–H and O–H groups in total. The normalized spacial score (nSPS) is 15.9. The van der Waals surface area contributed by atoms with Crippen LogP contribution in [0.25, 0.3) is 0 Å². The molecule has 0 fully saturated rings. The summed E-state index contributed by atoms with van der Waals surface area (Å²) in [5, 5.41) is 15.7. The fourth-order valence-electron chi connectivity index (χ4n) is 0.567. The van der Waals surface area contributed by atoms with Crippen molar-refractivity contribution in [2.24, 2.45) is 0 Å². The van der Waals surface area contributed by atoms with Gasteiger partial charge in [-0.1, -0.05) is 0 Å². The summed E-state index contributed by atoms with van der Waals surface area (Å²) in [5.41, 5.74) is 0. The predicted octanol–water partition coefficient (Wildman–Crippen LogP) is -1.88. The van der Waals surface area contributed by atoms with Crippen LogP contribution in [0.1, 0.15) is 13.8 Å². The lowest BCUT2D eigenvalue weighted by molar-refractivity contribution is -0.142. The van der Waals surface area contributed by atoms with Crippen molar-refractivity contribution in [1.82, 2.24) is 0 Å². The summed E-state index contributed by atoms with van der Waals surface area (Å²) in [6, 6.07) is 0. The predicted molar refractivity (Wildman–Crippen MR) is 70.5 cm³/mol. The first-order chi connectivity index (χ1) is 10.4. The molecule has 144 valence electrons. The molecule has 24 heavy (non-hydrogen) atoms. The first-order valence-corrected chi connectivity index (χ1v) is 9.81. The second-order valence-corrected chi connectivity index (χ2v) is 7.64. The molecule has 18 heteroatoms. The van der Waals surface area contributed by atoms with Crippen molar-refractivity contribution < 1.29 is 71.3 Å². The summed E-state index contributed by atoms with van der Waals surface area (Å²) in [7, 11) is -16.1. The molecule has 0 aromatic carbocycles. The fraction of sp³-hybridized carbons (Fsp3) is 0.667. The summed E-state index contributed by atoms with van der Waals surface area (Å²) >= 11 is 0. The Labute approximate surface area is 133 Å². The summed E-state index contributed by atoms with van der Waals surface area (Å²) in [4.78, 5) is 62.4. The average molecular weight is 420 g/mol. The van der Waals surface area contributed by atoms with Crippen LogP contribution < -0.4 is 0 Å². The van der Waals surface area contributed by atoms with Crippen molar-refractivity contribution in [1.29, 1.82) is 0 Å². The molecule has 2 atom stereocenters. The highest BCUT2D eigenvalue weighted by Crippen LogP contribution is 2.58. The first-order valence-electron chi connectivity index (χ1n) is 5.25. The molecule has 0 aliphatic heterocycles. The number of carbonyl (C=O) groups excluding carboxylic acids is 2. The second-order valence-electron chi connectivity index (χ2n) is 3.67. The fourth-order valence-corrected chi connectivity index (χ4v) is 2.74. The van der Waals surface area contributed by atoms with Gasteiger partial charge in [0.15, 0.2) is 11.6 Å². The van der Waals surface area contributed by atoms with E-state index in [-0.39, 0.29) is 0 Å². The van der Waals surface area contributed by atoms with Gasteiger partial charge >= 0.3 is 23.5 Å². The van der Waals surface area contributed by atoms with Crippen LogP contribution in [0.3, 0.4) is 0 Å². The smallest absolute Gasteiger partial charge is 0.362 e. The third kappa shape index (κ3) is 16.5. The van der Waals surface area contributed by atoms with Gasteiger partial charge in [0.25, 0.3) is 0 Å². The van der Waals surface area contributed by atoms with Crippen LogP contribution in [0, 0.1) is 0 Å². The lowest BCUT2D eigenvalue weighted by Gasteiger charge is -2.18. The van der Waals surface area contributed by atoms with Crippen LogP contribution in [0.15, 0.2) is 0 Å². The Bertz CT molecular complexity index is 570. The third-order valence-corrected chi connectivity index (χ3v) is 3.97. The van der Waals surface area contributed by atoms with E-state index in [0.717, 1.165) is 6.92 Å². The van der Waals surface area contributed by atoms with E-state index in [2.05, 4.69) is 13.4 Å². The van der Waals surface area contributed by atoms with Crippen LogP contribution in [0.2, 0.25) is 0 Å². The summed E-state index contributed by atoms with van der Waals surface area (Å²) in [5.74, 6) is -1.88. The Balaban J connectivity index is 0. The number of aliphatic hydroxyl groups excluding tert-OH is 1. The molecular weight excluding hydrogens is 405 g/mol. The quantitative estimate of drug-likeness (QED) is 0.167. The Morgan fingerprint density at radius 1 is 0.792 bits per heavy atom. The van der Waals surface area contributed by atoms with Gasteiger partial charge in [-0.05, 0) is 13.8 Å². The van der Waals surface area contributed by atoms with E-state index < -0.39 is 47.6 Å². The Morgan fingerprint density at radius 3 is 1.38 bits per heavy atom. The maximum Gasteiger partial charge on any atom is 0.483 e. The Hall–Kier alpha value is -0.370. The van der Waals surface area contributed by atoms with Crippen molar-refractivity contribution in [2.75, 3.05) is 0 Å². The van der Waals surface area contributed by atoms with Gasteiger partial charge in [0.05, 0.1) is 0 Å². The van der Waals surface area contributed by atoms with Crippen molar-refractivity contribution >= 4 is 35.0 Å². The molecule has 0 saturated heterocycles. The lowest BCUT2D eigenvalue weighted by Crippen LogP contribution is -2.23. The molecule has 0 bridgehead atoms. The monoisotopic (exact) mass is 420 g/mol. The number of rotatable bonds is 8.